The zero-order chi connectivity index (χ0) is 25.8. The maximum absolute atomic E-state index is 12.8. The lowest BCUT2D eigenvalue weighted by Gasteiger charge is -2.31. The van der Waals surface area contributed by atoms with Gasteiger partial charge in [0.15, 0.2) is 0 Å². The molecule has 1 saturated carbocycles. The smallest absolute Gasteiger partial charge is 0.259 e. The number of pyridine rings is 2. The van der Waals surface area contributed by atoms with Crippen LogP contribution in [-0.2, 0) is 22.6 Å². The number of nitrogens with one attached hydrogen (secondary N) is 3. The average Bonchev–Trinajstić information content (AvgIpc) is 3.50. The van der Waals surface area contributed by atoms with E-state index in [1.807, 2.05) is 18.3 Å². The molecule has 1 aliphatic carbocycles. The Balaban J connectivity index is 1.28. The van der Waals surface area contributed by atoms with Crippen LogP contribution in [0.2, 0.25) is 0 Å². The molecule has 0 bridgehead atoms. The highest BCUT2D eigenvalue weighted by atomic mass is 16.5. The van der Waals surface area contributed by atoms with Gasteiger partial charge < -0.3 is 25.3 Å². The molecule has 194 valence electrons. The highest BCUT2D eigenvalue weighted by molar-refractivity contribution is 6.00. The van der Waals surface area contributed by atoms with Gasteiger partial charge in [0.1, 0.15) is 5.82 Å². The van der Waals surface area contributed by atoms with Gasteiger partial charge in [-0.25, -0.2) is 4.98 Å². The van der Waals surface area contributed by atoms with Crippen molar-refractivity contribution < 1.29 is 9.53 Å². The first-order chi connectivity index (χ1) is 18.5. The zero-order valence-corrected chi connectivity index (χ0v) is 21.2. The number of carbonyl (C=O) groups is 1. The second-order valence-electron chi connectivity index (χ2n) is 10.5. The summed E-state index contributed by atoms with van der Waals surface area (Å²) in [7, 11) is 2.07. The second-order valence-corrected chi connectivity index (χ2v) is 10.5. The van der Waals surface area contributed by atoms with Crippen molar-refractivity contribution in [2.24, 2.45) is 11.8 Å². The molecule has 3 N–H and O–H groups in total. The number of aromatic nitrogens is 4. The standard InChI is InChI=1S/C28H29N7O3/c1-34-14-23-19(12-30-35(23)13-16-8-10-38-15-16)18-3-2-4-21(26(18)34)31-22-11-24(33-27(36)17-5-6-17)32-20-7-9-29-28(37)25(20)22/h2-4,7,9,11-12,16-17H,5-6,8,10,13-15H2,1H3,(H,29,37)(H2,31,32,33,36). The van der Waals surface area contributed by atoms with Crippen molar-refractivity contribution in [1.82, 2.24) is 19.7 Å². The predicted octanol–water partition coefficient (Wildman–Crippen LogP) is 3.87. The number of para-hydroxylation sites is 1. The molecular weight excluding hydrogens is 482 g/mol. The van der Waals surface area contributed by atoms with Crippen LogP contribution in [0.5, 0.6) is 0 Å². The fourth-order valence-corrected chi connectivity index (χ4v) is 5.58. The minimum Gasteiger partial charge on any atom is -0.381 e. The van der Waals surface area contributed by atoms with Crippen LogP contribution in [0.4, 0.5) is 22.9 Å². The maximum atomic E-state index is 12.8. The third kappa shape index (κ3) is 4.01. The van der Waals surface area contributed by atoms with Crippen molar-refractivity contribution in [1.29, 1.82) is 0 Å². The highest BCUT2D eigenvalue weighted by Crippen LogP contribution is 2.44. The van der Waals surface area contributed by atoms with Crippen molar-refractivity contribution in [2.75, 3.05) is 35.8 Å². The van der Waals surface area contributed by atoms with Crippen LogP contribution in [0.25, 0.3) is 22.0 Å². The summed E-state index contributed by atoms with van der Waals surface area (Å²) >= 11 is 0. The van der Waals surface area contributed by atoms with E-state index in [0.717, 1.165) is 68.1 Å². The van der Waals surface area contributed by atoms with Gasteiger partial charge >= 0.3 is 0 Å². The summed E-state index contributed by atoms with van der Waals surface area (Å²) < 4.78 is 7.69. The fourth-order valence-electron chi connectivity index (χ4n) is 5.58. The molecule has 10 heteroatoms. The van der Waals surface area contributed by atoms with Crippen LogP contribution in [0.3, 0.4) is 0 Å². The minimum absolute atomic E-state index is 0.0295. The van der Waals surface area contributed by atoms with E-state index < -0.39 is 0 Å². The van der Waals surface area contributed by atoms with Crippen LogP contribution in [0.1, 0.15) is 25.0 Å². The molecule has 2 fully saturated rings. The highest BCUT2D eigenvalue weighted by Gasteiger charge is 2.30. The molecule has 1 saturated heterocycles. The van der Waals surface area contributed by atoms with Gasteiger partial charge in [0.05, 0.1) is 53.0 Å². The predicted molar refractivity (Wildman–Crippen MR) is 146 cm³/mol. The SMILES string of the molecule is CN1Cc2c(cnn2CC2CCOC2)-c2cccc(Nc3cc(NC(=O)C4CC4)nc4cc[nH]c(=O)c34)c21. The Hall–Kier alpha value is -4.18. The maximum Gasteiger partial charge on any atom is 0.259 e. The number of benzene rings is 1. The van der Waals surface area contributed by atoms with E-state index in [4.69, 9.17) is 9.84 Å². The molecule has 38 heavy (non-hydrogen) atoms. The molecule has 10 nitrogen and oxygen atoms in total. The molecule has 7 rings (SSSR count). The summed E-state index contributed by atoms with van der Waals surface area (Å²) in [5.74, 6) is 0.943. The number of nitrogens with zero attached hydrogens (tertiary/aromatic N) is 4. The Morgan fingerprint density at radius 2 is 2.08 bits per heavy atom. The normalized spacial score (nSPS) is 18.3. The Bertz CT molecular complexity index is 1610. The molecule has 5 heterocycles. The molecule has 0 spiro atoms. The van der Waals surface area contributed by atoms with E-state index in [9.17, 15) is 9.59 Å². The van der Waals surface area contributed by atoms with Crippen LogP contribution in [-0.4, -0.2) is 45.9 Å². The number of aromatic amines is 1. The Kier molecular flexibility index (Phi) is 5.43. The van der Waals surface area contributed by atoms with Crippen LogP contribution in [0, 0.1) is 11.8 Å². The fraction of sp³-hybridized carbons (Fsp3) is 0.357. The van der Waals surface area contributed by atoms with Gasteiger partial charge in [0.25, 0.3) is 5.56 Å². The Labute approximate surface area is 219 Å². The van der Waals surface area contributed by atoms with E-state index in [2.05, 4.69) is 43.3 Å². The molecule has 1 aromatic carbocycles. The van der Waals surface area contributed by atoms with Gasteiger partial charge in [-0.3, -0.25) is 14.3 Å². The summed E-state index contributed by atoms with van der Waals surface area (Å²) in [5.41, 5.74) is 6.16. The van der Waals surface area contributed by atoms with Crippen LogP contribution in [0.15, 0.2) is 47.5 Å². The lowest BCUT2D eigenvalue weighted by atomic mass is 9.97. The molecule has 3 aromatic heterocycles. The first kappa shape index (κ1) is 23.0. The third-order valence-corrected chi connectivity index (χ3v) is 7.70. The van der Waals surface area contributed by atoms with E-state index in [0.29, 0.717) is 28.3 Å². The monoisotopic (exact) mass is 511 g/mol. The van der Waals surface area contributed by atoms with E-state index in [-0.39, 0.29) is 17.4 Å². The molecule has 1 unspecified atom stereocenters. The first-order valence-corrected chi connectivity index (χ1v) is 13.1. The number of rotatable bonds is 6. The van der Waals surface area contributed by atoms with E-state index in [1.165, 1.54) is 5.69 Å². The average molecular weight is 512 g/mol. The number of anilines is 4. The van der Waals surface area contributed by atoms with E-state index >= 15 is 0 Å². The van der Waals surface area contributed by atoms with Gasteiger partial charge in [-0.15, -0.1) is 0 Å². The summed E-state index contributed by atoms with van der Waals surface area (Å²) in [6.07, 6.45) is 6.40. The molecule has 3 aliphatic rings. The molecular formula is C28H29N7O3. The van der Waals surface area contributed by atoms with Gasteiger partial charge in [-0.05, 0) is 31.4 Å². The molecule has 1 atom stereocenters. The van der Waals surface area contributed by atoms with Crippen molar-refractivity contribution in [3.63, 3.8) is 0 Å². The largest absolute Gasteiger partial charge is 0.381 e. The first-order valence-electron chi connectivity index (χ1n) is 13.1. The zero-order valence-electron chi connectivity index (χ0n) is 21.2. The molecule has 2 aliphatic heterocycles. The number of amides is 1. The number of fused-ring (bicyclic) bond motifs is 4. The van der Waals surface area contributed by atoms with Crippen LogP contribution >= 0.6 is 0 Å². The third-order valence-electron chi connectivity index (χ3n) is 7.70. The number of ether oxygens (including phenoxy) is 1. The quantitative estimate of drug-likeness (QED) is 0.360. The lowest BCUT2D eigenvalue weighted by molar-refractivity contribution is -0.117. The van der Waals surface area contributed by atoms with Crippen molar-refractivity contribution in [3.8, 4) is 11.1 Å². The van der Waals surface area contributed by atoms with Crippen molar-refractivity contribution in [2.45, 2.75) is 32.4 Å². The molecule has 1 amide bonds. The van der Waals surface area contributed by atoms with Gasteiger partial charge in [-0.1, -0.05) is 12.1 Å². The number of H-pyrrole nitrogens is 1. The summed E-state index contributed by atoms with van der Waals surface area (Å²) in [6.45, 7) is 3.19. The second kappa shape index (κ2) is 8.98. The molecule has 4 aromatic rings. The topological polar surface area (TPSA) is 117 Å². The van der Waals surface area contributed by atoms with Crippen molar-refractivity contribution >= 4 is 39.7 Å². The number of hydrogen-bond donors (Lipinski definition) is 3. The summed E-state index contributed by atoms with van der Waals surface area (Å²) in [4.78, 5) is 34.8. The van der Waals surface area contributed by atoms with Crippen molar-refractivity contribution in [3.05, 3.63) is 58.8 Å². The van der Waals surface area contributed by atoms with Gasteiger partial charge in [0, 0.05) is 55.4 Å². The van der Waals surface area contributed by atoms with Crippen LogP contribution < -0.4 is 21.1 Å². The Morgan fingerprint density at radius 3 is 2.89 bits per heavy atom. The lowest BCUT2D eigenvalue weighted by Crippen LogP contribution is -2.26. The van der Waals surface area contributed by atoms with E-state index in [1.54, 1.807) is 18.3 Å². The summed E-state index contributed by atoms with van der Waals surface area (Å²) in [5, 5.41) is 11.6. The van der Waals surface area contributed by atoms with Gasteiger partial charge in [-0.2, -0.15) is 5.10 Å². The molecule has 0 radical (unpaired) electrons. The number of carbonyl (C=O) groups excluding carboxylic acids is 1. The Morgan fingerprint density at radius 1 is 1.18 bits per heavy atom. The number of hydrogen-bond acceptors (Lipinski definition) is 7. The minimum atomic E-state index is -0.241. The van der Waals surface area contributed by atoms with Gasteiger partial charge in [0.2, 0.25) is 5.91 Å². The summed E-state index contributed by atoms with van der Waals surface area (Å²) in [6, 6.07) is 9.62.